The SMILES string of the molecule is Clc1ccc(-c2ccc3nc(-c4[nH]nc5ccccc45)[nH]c3c2)cc1Cl. The lowest BCUT2D eigenvalue weighted by atomic mass is 10.1. The fourth-order valence-corrected chi connectivity index (χ4v) is 3.42. The van der Waals surface area contributed by atoms with E-state index < -0.39 is 0 Å². The molecule has 0 amide bonds. The Hall–Kier alpha value is -2.82. The first-order valence-corrected chi connectivity index (χ1v) is 8.83. The maximum atomic E-state index is 6.15. The van der Waals surface area contributed by atoms with Gasteiger partial charge in [0.1, 0.15) is 5.69 Å². The van der Waals surface area contributed by atoms with Crippen LogP contribution in [0.1, 0.15) is 0 Å². The molecule has 2 aromatic heterocycles. The largest absolute Gasteiger partial charge is 0.337 e. The Balaban J connectivity index is 1.63. The molecule has 3 aromatic carbocycles. The topological polar surface area (TPSA) is 57.4 Å². The zero-order valence-corrected chi connectivity index (χ0v) is 14.9. The Labute approximate surface area is 158 Å². The summed E-state index contributed by atoms with van der Waals surface area (Å²) < 4.78 is 0. The fraction of sp³-hybridized carbons (Fsp3) is 0. The van der Waals surface area contributed by atoms with Gasteiger partial charge in [-0.25, -0.2) is 4.98 Å². The van der Waals surface area contributed by atoms with Gasteiger partial charge in [0.25, 0.3) is 0 Å². The molecule has 0 spiro atoms. The highest BCUT2D eigenvalue weighted by Gasteiger charge is 2.12. The van der Waals surface area contributed by atoms with Crippen molar-refractivity contribution in [1.29, 1.82) is 0 Å². The van der Waals surface area contributed by atoms with Gasteiger partial charge >= 0.3 is 0 Å². The molecule has 0 bridgehead atoms. The number of aromatic nitrogens is 4. The van der Waals surface area contributed by atoms with Crippen LogP contribution in [-0.2, 0) is 0 Å². The van der Waals surface area contributed by atoms with Gasteiger partial charge in [-0.05, 0) is 41.5 Å². The van der Waals surface area contributed by atoms with Crippen LogP contribution in [0, 0.1) is 0 Å². The van der Waals surface area contributed by atoms with Crippen molar-refractivity contribution in [2.45, 2.75) is 0 Å². The molecule has 26 heavy (non-hydrogen) atoms. The van der Waals surface area contributed by atoms with E-state index >= 15 is 0 Å². The second-order valence-corrected chi connectivity index (χ2v) is 6.88. The minimum atomic E-state index is 0.540. The number of para-hydroxylation sites is 1. The van der Waals surface area contributed by atoms with Crippen molar-refractivity contribution in [3.8, 4) is 22.6 Å². The highest BCUT2D eigenvalue weighted by Crippen LogP contribution is 2.31. The van der Waals surface area contributed by atoms with Crippen molar-refractivity contribution >= 4 is 45.1 Å². The first-order chi connectivity index (χ1) is 12.7. The van der Waals surface area contributed by atoms with Gasteiger partial charge in [0.2, 0.25) is 0 Å². The molecule has 0 aliphatic carbocycles. The Morgan fingerprint density at radius 3 is 2.46 bits per heavy atom. The summed E-state index contributed by atoms with van der Waals surface area (Å²) in [5, 5.41) is 9.54. The lowest BCUT2D eigenvalue weighted by Gasteiger charge is -2.03. The number of halogens is 2. The number of hydrogen-bond acceptors (Lipinski definition) is 2. The molecule has 0 saturated carbocycles. The highest BCUT2D eigenvalue weighted by molar-refractivity contribution is 6.42. The summed E-state index contributed by atoms with van der Waals surface area (Å²) in [5.41, 5.74) is 5.68. The van der Waals surface area contributed by atoms with E-state index in [1.54, 1.807) is 6.07 Å². The third kappa shape index (κ3) is 2.46. The summed E-state index contributed by atoms with van der Waals surface area (Å²) in [6.07, 6.45) is 0. The van der Waals surface area contributed by atoms with Crippen LogP contribution in [0.15, 0.2) is 60.7 Å². The number of benzene rings is 3. The van der Waals surface area contributed by atoms with E-state index in [-0.39, 0.29) is 0 Å². The molecule has 0 radical (unpaired) electrons. The summed E-state index contributed by atoms with van der Waals surface area (Å²) in [6.45, 7) is 0. The molecule has 0 atom stereocenters. The van der Waals surface area contributed by atoms with Gasteiger partial charge in [-0.2, -0.15) is 5.10 Å². The highest BCUT2D eigenvalue weighted by atomic mass is 35.5. The van der Waals surface area contributed by atoms with Crippen molar-refractivity contribution in [2.24, 2.45) is 0 Å². The molecule has 0 fully saturated rings. The van der Waals surface area contributed by atoms with E-state index in [9.17, 15) is 0 Å². The minimum Gasteiger partial charge on any atom is -0.337 e. The number of hydrogen-bond donors (Lipinski definition) is 2. The normalized spacial score (nSPS) is 11.5. The van der Waals surface area contributed by atoms with Gasteiger partial charge in [-0.3, -0.25) is 5.10 Å². The molecule has 2 N–H and O–H groups in total. The van der Waals surface area contributed by atoms with Crippen LogP contribution in [0.4, 0.5) is 0 Å². The molecule has 0 unspecified atom stereocenters. The summed E-state index contributed by atoms with van der Waals surface area (Å²) >= 11 is 12.2. The second kappa shape index (κ2) is 5.87. The van der Waals surface area contributed by atoms with Crippen LogP contribution in [0.3, 0.4) is 0 Å². The van der Waals surface area contributed by atoms with Gasteiger partial charge in [0, 0.05) is 5.39 Å². The van der Waals surface area contributed by atoms with Crippen molar-refractivity contribution in [3.63, 3.8) is 0 Å². The van der Waals surface area contributed by atoms with Crippen molar-refractivity contribution in [3.05, 3.63) is 70.7 Å². The molecule has 0 aliphatic rings. The average Bonchev–Trinajstić information content (AvgIpc) is 3.26. The third-order valence-corrected chi connectivity index (χ3v) is 5.17. The van der Waals surface area contributed by atoms with Crippen LogP contribution in [0.2, 0.25) is 10.0 Å². The van der Waals surface area contributed by atoms with Gasteiger partial charge in [0.05, 0.1) is 26.6 Å². The number of aromatic amines is 2. The minimum absolute atomic E-state index is 0.540. The molecule has 0 saturated heterocycles. The number of H-pyrrole nitrogens is 2. The molecule has 4 nitrogen and oxygen atoms in total. The van der Waals surface area contributed by atoms with E-state index in [1.807, 2.05) is 48.5 Å². The molecule has 126 valence electrons. The van der Waals surface area contributed by atoms with Crippen molar-refractivity contribution in [1.82, 2.24) is 20.2 Å². The van der Waals surface area contributed by atoms with Crippen LogP contribution in [-0.4, -0.2) is 20.2 Å². The molecular formula is C20H12Cl2N4. The van der Waals surface area contributed by atoms with E-state index in [1.165, 1.54) is 0 Å². The van der Waals surface area contributed by atoms with Crippen LogP contribution < -0.4 is 0 Å². The molecule has 5 rings (SSSR count). The molecule has 6 heteroatoms. The number of imidazole rings is 1. The van der Waals surface area contributed by atoms with Gasteiger partial charge < -0.3 is 4.98 Å². The summed E-state index contributed by atoms with van der Waals surface area (Å²) in [4.78, 5) is 8.08. The zero-order valence-electron chi connectivity index (χ0n) is 13.4. The van der Waals surface area contributed by atoms with E-state index in [0.29, 0.717) is 10.0 Å². The molecule has 2 heterocycles. The van der Waals surface area contributed by atoms with Crippen molar-refractivity contribution in [2.75, 3.05) is 0 Å². The number of nitrogens with zero attached hydrogens (tertiary/aromatic N) is 2. The Kier molecular flexibility index (Phi) is 3.48. The van der Waals surface area contributed by atoms with Crippen LogP contribution >= 0.6 is 23.2 Å². The lowest BCUT2D eigenvalue weighted by molar-refractivity contribution is 1.11. The molecule has 5 aromatic rings. The maximum Gasteiger partial charge on any atom is 0.157 e. The average molecular weight is 379 g/mol. The second-order valence-electron chi connectivity index (χ2n) is 6.06. The fourth-order valence-electron chi connectivity index (χ4n) is 3.12. The van der Waals surface area contributed by atoms with Crippen LogP contribution in [0.25, 0.3) is 44.6 Å². The predicted molar refractivity (Wildman–Crippen MR) is 107 cm³/mol. The quantitative estimate of drug-likeness (QED) is 0.391. The van der Waals surface area contributed by atoms with Gasteiger partial charge in [-0.15, -0.1) is 0 Å². The standard InChI is InChI=1S/C20H12Cl2N4/c21-14-7-5-11(9-15(14)22)12-6-8-17-18(10-12)24-20(23-17)19-13-3-1-2-4-16(13)25-26-19/h1-10H,(H,23,24)(H,25,26). The van der Waals surface area contributed by atoms with Gasteiger partial charge in [0.15, 0.2) is 5.82 Å². The Bertz CT molecular complexity index is 1270. The van der Waals surface area contributed by atoms with Crippen LogP contribution in [0.5, 0.6) is 0 Å². The van der Waals surface area contributed by atoms with Crippen molar-refractivity contribution < 1.29 is 0 Å². The Morgan fingerprint density at radius 1 is 0.769 bits per heavy atom. The van der Waals surface area contributed by atoms with E-state index in [2.05, 4.69) is 21.2 Å². The molecular weight excluding hydrogens is 367 g/mol. The lowest BCUT2D eigenvalue weighted by Crippen LogP contribution is -1.81. The molecule has 0 aliphatic heterocycles. The first-order valence-electron chi connectivity index (χ1n) is 8.08. The number of nitrogens with one attached hydrogen (secondary N) is 2. The maximum absolute atomic E-state index is 6.15. The monoisotopic (exact) mass is 378 g/mol. The smallest absolute Gasteiger partial charge is 0.157 e. The van der Waals surface area contributed by atoms with E-state index in [0.717, 1.165) is 44.6 Å². The summed E-state index contributed by atoms with van der Waals surface area (Å²) in [6, 6.07) is 19.7. The van der Waals surface area contributed by atoms with Gasteiger partial charge in [-0.1, -0.05) is 53.5 Å². The zero-order chi connectivity index (χ0) is 17.7. The summed E-state index contributed by atoms with van der Waals surface area (Å²) in [5.74, 6) is 0.764. The first kappa shape index (κ1) is 15.4. The summed E-state index contributed by atoms with van der Waals surface area (Å²) in [7, 11) is 0. The number of fused-ring (bicyclic) bond motifs is 2. The predicted octanol–water partition coefficient (Wildman–Crippen LogP) is 6.08. The third-order valence-electron chi connectivity index (χ3n) is 4.43. The number of rotatable bonds is 2. The van der Waals surface area contributed by atoms with E-state index in [4.69, 9.17) is 28.2 Å². The Morgan fingerprint density at radius 2 is 1.58 bits per heavy atom.